The monoisotopic (exact) mass is 419 g/mol. The van der Waals surface area contributed by atoms with Crippen LogP contribution in [0.2, 0.25) is 0 Å². The SMILES string of the molecule is Cc1ccc(CNC(=O)CNC(=O)C2(C)Cn3c(nc4ccccc43)C(=O)N2C)cc1. The van der Waals surface area contributed by atoms with E-state index in [1.165, 1.54) is 4.90 Å². The summed E-state index contributed by atoms with van der Waals surface area (Å²) in [4.78, 5) is 44.0. The zero-order valence-electron chi connectivity index (χ0n) is 17.8. The lowest BCUT2D eigenvalue weighted by Gasteiger charge is -2.41. The molecule has 0 aliphatic carbocycles. The van der Waals surface area contributed by atoms with Crippen molar-refractivity contribution in [3.63, 3.8) is 0 Å². The second-order valence-electron chi connectivity index (χ2n) is 8.09. The summed E-state index contributed by atoms with van der Waals surface area (Å²) in [6, 6.07) is 15.3. The van der Waals surface area contributed by atoms with Gasteiger partial charge < -0.3 is 20.1 Å². The van der Waals surface area contributed by atoms with Crippen LogP contribution in [0.4, 0.5) is 0 Å². The van der Waals surface area contributed by atoms with Gasteiger partial charge in [-0.1, -0.05) is 42.0 Å². The van der Waals surface area contributed by atoms with Crippen LogP contribution >= 0.6 is 0 Å². The molecule has 0 saturated heterocycles. The third-order valence-electron chi connectivity index (χ3n) is 5.87. The number of benzene rings is 2. The fourth-order valence-electron chi connectivity index (χ4n) is 3.73. The minimum absolute atomic E-state index is 0.167. The van der Waals surface area contributed by atoms with Gasteiger partial charge >= 0.3 is 0 Å². The highest BCUT2D eigenvalue weighted by molar-refractivity contribution is 6.01. The van der Waals surface area contributed by atoms with Crippen molar-refractivity contribution < 1.29 is 14.4 Å². The Bertz CT molecular complexity index is 1170. The number of carbonyl (C=O) groups excluding carboxylic acids is 3. The summed E-state index contributed by atoms with van der Waals surface area (Å²) in [5.41, 5.74) is 2.49. The molecule has 2 heterocycles. The number of fused-ring (bicyclic) bond motifs is 3. The van der Waals surface area contributed by atoms with Crippen LogP contribution in [0.25, 0.3) is 11.0 Å². The van der Waals surface area contributed by atoms with Gasteiger partial charge in [-0.25, -0.2) is 4.98 Å². The molecule has 0 radical (unpaired) electrons. The molecule has 8 heteroatoms. The van der Waals surface area contributed by atoms with Gasteiger partial charge in [0.15, 0.2) is 5.82 Å². The number of imidazole rings is 1. The van der Waals surface area contributed by atoms with Crippen molar-refractivity contribution in [3.8, 4) is 0 Å². The third-order valence-corrected chi connectivity index (χ3v) is 5.87. The molecule has 0 spiro atoms. The second kappa shape index (κ2) is 7.86. The topological polar surface area (TPSA) is 96.3 Å². The van der Waals surface area contributed by atoms with Gasteiger partial charge in [0.05, 0.1) is 24.1 Å². The Morgan fingerprint density at radius 2 is 1.81 bits per heavy atom. The summed E-state index contributed by atoms with van der Waals surface area (Å²) in [6.07, 6.45) is 0. The Labute approximate surface area is 180 Å². The molecule has 3 amide bonds. The lowest BCUT2D eigenvalue weighted by atomic mass is 9.96. The van der Waals surface area contributed by atoms with Crippen LogP contribution in [0.5, 0.6) is 0 Å². The van der Waals surface area contributed by atoms with Crippen LogP contribution in [0.1, 0.15) is 28.7 Å². The molecule has 31 heavy (non-hydrogen) atoms. The van der Waals surface area contributed by atoms with E-state index in [2.05, 4.69) is 15.6 Å². The summed E-state index contributed by atoms with van der Waals surface area (Å²) in [5, 5.41) is 5.48. The first-order valence-electron chi connectivity index (χ1n) is 10.1. The van der Waals surface area contributed by atoms with E-state index in [1.807, 2.05) is 55.5 Å². The maximum absolute atomic E-state index is 13.0. The molecule has 3 aromatic rings. The van der Waals surface area contributed by atoms with Gasteiger partial charge in [0.25, 0.3) is 5.91 Å². The summed E-state index contributed by atoms with van der Waals surface area (Å²) >= 11 is 0. The lowest BCUT2D eigenvalue weighted by Crippen LogP contribution is -2.63. The Balaban J connectivity index is 1.43. The molecule has 1 unspecified atom stereocenters. The van der Waals surface area contributed by atoms with Gasteiger partial charge in [-0.05, 0) is 31.5 Å². The number of rotatable bonds is 5. The molecular weight excluding hydrogens is 394 g/mol. The van der Waals surface area contributed by atoms with E-state index in [9.17, 15) is 14.4 Å². The van der Waals surface area contributed by atoms with Crippen molar-refractivity contribution in [2.75, 3.05) is 13.6 Å². The molecule has 0 fully saturated rings. The lowest BCUT2D eigenvalue weighted by molar-refractivity contribution is -0.134. The van der Waals surface area contributed by atoms with Crippen LogP contribution < -0.4 is 10.6 Å². The fraction of sp³-hybridized carbons (Fsp3) is 0.304. The molecule has 160 valence electrons. The average molecular weight is 419 g/mol. The normalized spacial score (nSPS) is 18.0. The Kier molecular flexibility index (Phi) is 5.22. The van der Waals surface area contributed by atoms with E-state index in [1.54, 1.807) is 18.5 Å². The summed E-state index contributed by atoms with van der Waals surface area (Å²) in [6.45, 7) is 4.17. The summed E-state index contributed by atoms with van der Waals surface area (Å²) in [5.74, 6) is -0.706. The van der Waals surface area contributed by atoms with E-state index in [-0.39, 0.29) is 24.9 Å². The van der Waals surface area contributed by atoms with E-state index < -0.39 is 11.4 Å². The molecule has 2 aromatic carbocycles. The molecule has 1 aromatic heterocycles. The quantitative estimate of drug-likeness (QED) is 0.657. The second-order valence-corrected chi connectivity index (χ2v) is 8.09. The standard InChI is InChI=1S/C23H25N5O3/c1-15-8-10-16(11-9-15)12-24-19(29)13-25-22(31)23(2)14-28-18-7-5-4-6-17(18)26-20(28)21(30)27(23)3/h4-11H,12-14H2,1-3H3,(H,24,29)(H,25,31). The highest BCUT2D eigenvalue weighted by Gasteiger charge is 2.46. The average Bonchev–Trinajstić information content (AvgIpc) is 3.14. The van der Waals surface area contributed by atoms with Gasteiger partial charge in [0.2, 0.25) is 11.8 Å². The van der Waals surface area contributed by atoms with Gasteiger partial charge in [-0.15, -0.1) is 0 Å². The maximum Gasteiger partial charge on any atom is 0.290 e. The first-order chi connectivity index (χ1) is 14.8. The van der Waals surface area contributed by atoms with E-state index in [0.29, 0.717) is 17.9 Å². The molecule has 1 aliphatic heterocycles. The summed E-state index contributed by atoms with van der Waals surface area (Å²) in [7, 11) is 1.59. The van der Waals surface area contributed by atoms with Crippen LogP contribution in [0.15, 0.2) is 48.5 Å². The number of nitrogens with zero attached hydrogens (tertiary/aromatic N) is 3. The predicted octanol–water partition coefficient (Wildman–Crippen LogP) is 1.62. The number of likely N-dealkylation sites (N-methyl/N-ethyl adjacent to an activating group) is 1. The highest BCUT2D eigenvalue weighted by Crippen LogP contribution is 2.29. The number of hydrogen-bond donors (Lipinski definition) is 2. The zero-order chi connectivity index (χ0) is 22.2. The minimum atomic E-state index is -1.15. The van der Waals surface area contributed by atoms with Gasteiger partial charge in [-0.2, -0.15) is 0 Å². The Morgan fingerprint density at radius 1 is 1.10 bits per heavy atom. The number of amides is 3. The van der Waals surface area contributed by atoms with Gasteiger partial charge in [0.1, 0.15) is 5.54 Å². The summed E-state index contributed by atoms with van der Waals surface area (Å²) < 4.78 is 1.77. The molecule has 0 saturated carbocycles. The van der Waals surface area contributed by atoms with Crippen molar-refractivity contribution in [3.05, 3.63) is 65.5 Å². The third kappa shape index (κ3) is 3.76. The van der Waals surface area contributed by atoms with Gasteiger partial charge in [0, 0.05) is 13.6 Å². The van der Waals surface area contributed by atoms with Crippen molar-refractivity contribution in [1.29, 1.82) is 0 Å². The number of aromatic nitrogens is 2. The number of nitrogens with one attached hydrogen (secondary N) is 2. The molecule has 1 atom stereocenters. The number of para-hydroxylation sites is 2. The fourth-order valence-corrected chi connectivity index (χ4v) is 3.73. The van der Waals surface area contributed by atoms with E-state index >= 15 is 0 Å². The highest BCUT2D eigenvalue weighted by atomic mass is 16.2. The maximum atomic E-state index is 13.0. The smallest absolute Gasteiger partial charge is 0.290 e. The van der Waals surface area contributed by atoms with E-state index in [0.717, 1.165) is 16.6 Å². The molecule has 4 rings (SSSR count). The first kappa shape index (κ1) is 20.6. The number of aryl methyl sites for hydroxylation is 1. The van der Waals surface area contributed by atoms with E-state index in [4.69, 9.17) is 0 Å². The van der Waals surface area contributed by atoms with Crippen molar-refractivity contribution in [2.45, 2.75) is 32.5 Å². The number of hydrogen-bond acceptors (Lipinski definition) is 4. The first-order valence-corrected chi connectivity index (χ1v) is 10.1. The van der Waals surface area contributed by atoms with Crippen molar-refractivity contribution in [1.82, 2.24) is 25.1 Å². The zero-order valence-corrected chi connectivity index (χ0v) is 17.8. The Morgan fingerprint density at radius 3 is 2.55 bits per heavy atom. The molecular formula is C23H25N5O3. The Hall–Kier alpha value is -3.68. The molecule has 2 N–H and O–H groups in total. The largest absolute Gasteiger partial charge is 0.350 e. The van der Waals surface area contributed by atoms with Crippen molar-refractivity contribution in [2.24, 2.45) is 0 Å². The predicted molar refractivity (Wildman–Crippen MR) is 116 cm³/mol. The van der Waals surface area contributed by atoms with Gasteiger partial charge in [-0.3, -0.25) is 14.4 Å². The van der Waals surface area contributed by atoms with Crippen molar-refractivity contribution >= 4 is 28.8 Å². The minimum Gasteiger partial charge on any atom is -0.350 e. The molecule has 1 aliphatic rings. The van der Waals surface area contributed by atoms with Crippen LogP contribution in [0.3, 0.4) is 0 Å². The number of carbonyl (C=O) groups is 3. The van der Waals surface area contributed by atoms with Crippen LogP contribution in [0, 0.1) is 6.92 Å². The molecule has 8 nitrogen and oxygen atoms in total. The van der Waals surface area contributed by atoms with Crippen LogP contribution in [-0.4, -0.2) is 51.3 Å². The van der Waals surface area contributed by atoms with Crippen LogP contribution in [-0.2, 0) is 22.7 Å². The molecule has 0 bridgehead atoms.